The molecular formula is C40H56N2O7. The lowest BCUT2D eigenvalue weighted by molar-refractivity contribution is -0.129. The first-order valence-electron chi connectivity index (χ1n) is 17.5. The predicted octanol–water partition coefficient (Wildman–Crippen LogP) is 7.50. The standard InChI is InChI=1S/C40H56N2O7/c1-10-28(2)22-31-12-11-17-42(31)38(44)32-25-35(46-9)36(23-29(32)3)49-40(6,7)26-39(4,5)27-48-33-15-13-30(24-34(33)45-8)14-16-37(43)41-18-20-47-21-19-41/h13-16,22-25,31H,10-12,17-21,26-27H2,1-9H3. The first kappa shape index (κ1) is 37.8. The van der Waals surface area contributed by atoms with Gasteiger partial charge < -0.3 is 33.5 Å². The first-order valence-corrected chi connectivity index (χ1v) is 17.5. The Labute approximate surface area is 293 Å². The highest BCUT2D eigenvalue weighted by molar-refractivity contribution is 5.97. The Morgan fingerprint density at radius 3 is 2.33 bits per heavy atom. The first-order chi connectivity index (χ1) is 23.3. The lowest BCUT2D eigenvalue weighted by Gasteiger charge is -2.35. The van der Waals surface area contributed by atoms with E-state index in [1.165, 1.54) is 5.57 Å². The zero-order valence-corrected chi connectivity index (χ0v) is 31.0. The molecule has 0 saturated carbocycles. The molecule has 0 radical (unpaired) electrons. The van der Waals surface area contributed by atoms with Crippen molar-refractivity contribution in [1.29, 1.82) is 0 Å². The van der Waals surface area contributed by atoms with Crippen molar-refractivity contribution >= 4 is 17.9 Å². The van der Waals surface area contributed by atoms with E-state index in [9.17, 15) is 9.59 Å². The highest BCUT2D eigenvalue weighted by atomic mass is 16.5. The van der Waals surface area contributed by atoms with Gasteiger partial charge in [-0.25, -0.2) is 0 Å². The Morgan fingerprint density at radius 2 is 1.65 bits per heavy atom. The summed E-state index contributed by atoms with van der Waals surface area (Å²) >= 11 is 0. The van der Waals surface area contributed by atoms with E-state index in [4.69, 9.17) is 23.7 Å². The molecule has 1 atom stereocenters. The van der Waals surface area contributed by atoms with Crippen molar-refractivity contribution in [3.63, 3.8) is 0 Å². The summed E-state index contributed by atoms with van der Waals surface area (Å²) in [5.41, 5.74) is 2.80. The van der Waals surface area contributed by atoms with E-state index in [1.54, 1.807) is 31.3 Å². The van der Waals surface area contributed by atoms with Gasteiger partial charge in [0.15, 0.2) is 23.0 Å². The molecule has 0 spiro atoms. The molecule has 268 valence electrons. The molecule has 9 heteroatoms. The fraction of sp³-hybridized carbons (Fsp3) is 0.550. The number of hydrogen-bond donors (Lipinski definition) is 0. The van der Waals surface area contributed by atoms with E-state index >= 15 is 0 Å². The molecule has 4 rings (SSSR count). The van der Waals surface area contributed by atoms with Crippen molar-refractivity contribution in [1.82, 2.24) is 9.80 Å². The number of allylic oxidation sites excluding steroid dienone is 1. The molecule has 49 heavy (non-hydrogen) atoms. The van der Waals surface area contributed by atoms with Gasteiger partial charge in [0.05, 0.1) is 40.1 Å². The van der Waals surface area contributed by atoms with E-state index < -0.39 is 5.60 Å². The Kier molecular flexibility index (Phi) is 12.8. The van der Waals surface area contributed by atoms with Gasteiger partial charge in [0, 0.05) is 36.7 Å². The second-order valence-corrected chi connectivity index (χ2v) is 14.6. The monoisotopic (exact) mass is 676 g/mol. The fourth-order valence-electron chi connectivity index (χ4n) is 6.72. The number of likely N-dealkylation sites (tertiary alicyclic amines) is 1. The summed E-state index contributed by atoms with van der Waals surface area (Å²) < 4.78 is 29.6. The predicted molar refractivity (Wildman–Crippen MR) is 194 cm³/mol. The van der Waals surface area contributed by atoms with Gasteiger partial charge in [-0.3, -0.25) is 9.59 Å². The number of carbonyl (C=O) groups excluding carboxylic acids is 2. The third-order valence-corrected chi connectivity index (χ3v) is 9.17. The maximum Gasteiger partial charge on any atom is 0.254 e. The summed E-state index contributed by atoms with van der Waals surface area (Å²) in [6.45, 7) is 18.2. The summed E-state index contributed by atoms with van der Waals surface area (Å²) in [4.78, 5) is 30.0. The maximum absolute atomic E-state index is 13.7. The Morgan fingerprint density at radius 1 is 0.959 bits per heavy atom. The average molecular weight is 677 g/mol. The zero-order chi connectivity index (χ0) is 35.8. The van der Waals surface area contributed by atoms with Crippen LogP contribution in [-0.4, -0.2) is 86.9 Å². The summed E-state index contributed by atoms with van der Waals surface area (Å²) in [6, 6.07) is 9.53. The molecule has 0 bridgehead atoms. The zero-order valence-electron chi connectivity index (χ0n) is 31.0. The van der Waals surface area contributed by atoms with E-state index in [-0.39, 0.29) is 23.3 Å². The molecule has 2 saturated heterocycles. The van der Waals surface area contributed by atoms with Crippen LogP contribution in [0.2, 0.25) is 0 Å². The van der Waals surface area contributed by atoms with E-state index in [2.05, 4.69) is 47.6 Å². The van der Waals surface area contributed by atoms with Gasteiger partial charge >= 0.3 is 0 Å². The molecule has 2 aromatic carbocycles. The molecule has 9 nitrogen and oxygen atoms in total. The number of nitrogens with zero attached hydrogens (tertiary/aromatic N) is 2. The molecule has 0 N–H and O–H groups in total. The molecule has 0 aliphatic carbocycles. The van der Waals surface area contributed by atoms with Crippen LogP contribution in [0, 0.1) is 12.3 Å². The summed E-state index contributed by atoms with van der Waals surface area (Å²) in [5.74, 6) is 2.37. The minimum Gasteiger partial charge on any atom is -0.493 e. The van der Waals surface area contributed by atoms with Gasteiger partial charge in [-0.15, -0.1) is 0 Å². The van der Waals surface area contributed by atoms with Crippen molar-refractivity contribution in [3.8, 4) is 23.0 Å². The van der Waals surface area contributed by atoms with Crippen LogP contribution >= 0.6 is 0 Å². The summed E-state index contributed by atoms with van der Waals surface area (Å²) in [7, 11) is 3.22. The number of ether oxygens (including phenoxy) is 5. The molecule has 2 aliphatic heterocycles. The van der Waals surface area contributed by atoms with Crippen molar-refractivity contribution in [2.75, 3.05) is 53.7 Å². The minimum atomic E-state index is -0.577. The Hall–Kier alpha value is -3.98. The SMILES string of the molecule is CCC(C)=CC1CCCN1C(=O)c1cc(OC)c(OC(C)(C)CC(C)(C)COc2ccc(C=CC(=O)N3CCOCC3)cc2OC)cc1C. The summed E-state index contributed by atoms with van der Waals surface area (Å²) in [6.07, 6.45) is 9.27. The number of benzene rings is 2. The second kappa shape index (κ2) is 16.6. The van der Waals surface area contributed by atoms with Crippen LogP contribution in [0.1, 0.15) is 88.7 Å². The third kappa shape index (κ3) is 10.3. The van der Waals surface area contributed by atoms with Crippen LogP contribution in [0.15, 0.2) is 48.1 Å². The quantitative estimate of drug-likeness (QED) is 0.151. The Bertz CT molecular complexity index is 1520. The molecular weight excluding hydrogens is 620 g/mol. The highest BCUT2D eigenvalue weighted by Crippen LogP contribution is 2.39. The highest BCUT2D eigenvalue weighted by Gasteiger charge is 2.34. The lowest BCUT2D eigenvalue weighted by Crippen LogP contribution is -2.39. The van der Waals surface area contributed by atoms with Gasteiger partial charge in [0.25, 0.3) is 5.91 Å². The van der Waals surface area contributed by atoms with Gasteiger partial charge in [-0.1, -0.05) is 38.5 Å². The summed E-state index contributed by atoms with van der Waals surface area (Å²) in [5, 5.41) is 0. The van der Waals surface area contributed by atoms with Crippen LogP contribution in [-0.2, 0) is 9.53 Å². The van der Waals surface area contributed by atoms with Gasteiger partial charge in [-0.2, -0.15) is 0 Å². The van der Waals surface area contributed by atoms with Crippen LogP contribution in [0.5, 0.6) is 23.0 Å². The lowest BCUT2D eigenvalue weighted by atomic mass is 9.82. The molecule has 0 aromatic heterocycles. The minimum absolute atomic E-state index is 0.0304. The van der Waals surface area contributed by atoms with Crippen LogP contribution in [0.25, 0.3) is 6.08 Å². The fourth-order valence-corrected chi connectivity index (χ4v) is 6.72. The van der Waals surface area contributed by atoms with Crippen molar-refractivity contribution in [2.24, 2.45) is 5.41 Å². The van der Waals surface area contributed by atoms with E-state index in [0.717, 1.165) is 36.9 Å². The number of hydrogen-bond acceptors (Lipinski definition) is 7. The molecule has 2 aliphatic rings. The number of morpholine rings is 1. The molecule has 1 unspecified atom stereocenters. The van der Waals surface area contributed by atoms with Crippen LogP contribution in [0.4, 0.5) is 0 Å². The number of aryl methyl sites for hydroxylation is 1. The number of amides is 2. The van der Waals surface area contributed by atoms with Crippen LogP contribution in [0.3, 0.4) is 0 Å². The van der Waals surface area contributed by atoms with Crippen molar-refractivity contribution < 1.29 is 33.3 Å². The van der Waals surface area contributed by atoms with Gasteiger partial charge in [0.2, 0.25) is 5.91 Å². The average Bonchev–Trinajstić information content (AvgIpc) is 3.53. The molecule has 2 aromatic rings. The third-order valence-electron chi connectivity index (χ3n) is 9.17. The largest absolute Gasteiger partial charge is 0.493 e. The molecule has 2 amide bonds. The Balaban J connectivity index is 1.40. The second-order valence-electron chi connectivity index (χ2n) is 14.6. The van der Waals surface area contributed by atoms with E-state index in [0.29, 0.717) is 67.9 Å². The van der Waals surface area contributed by atoms with Crippen molar-refractivity contribution in [2.45, 2.75) is 85.8 Å². The van der Waals surface area contributed by atoms with Gasteiger partial charge in [-0.05, 0) is 94.8 Å². The number of carbonyl (C=O) groups is 2. The topological polar surface area (TPSA) is 86.8 Å². The smallest absolute Gasteiger partial charge is 0.254 e. The number of rotatable bonds is 14. The molecule has 2 heterocycles. The normalized spacial score (nSPS) is 17.4. The van der Waals surface area contributed by atoms with E-state index in [1.807, 2.05) is 42.2 Å². The van der Waals surface area contributed by atoms with Gasteiger partial charge in [0.1, 0.15) is 5.60 Å². The molecule has 2 fully saturated rings. The van der Waals surface area contributed by atoms with Crippen molar-refractivity contribution in [3.05, 3.63) is 64.7 Å². The maximum atomic E-state index is 13.7. The van der Waals surface area contributed by atoms with Crippen LogP contribution < -0.4 is 18.9 Å². The number of methoxy groups -OCH3 is 2.